The zero-order valence-electron chi connectivity index (χ0n) is 14.6. The largest absolute Gasteiger partial charge is 0.355 e. The fourth-order valence-corrected chi connectivity index (χ4v) is 4.24. The van der Waals surface area contributed by atoms with E-state index < -0.39 is 0 Å². The van der Waals surface area contributed by atoms with Crippen LogP contribution in [0.25, 0.3) is 10.6 Å². The Morgan fingerprint density at radius 2 is 2.28 bits per heavy atom. The first-order valence-corrected chi connectivity index (χ1v) is 9.97. The van der Waals surface area contributed by atoms with E-state index in [0.29, 0.717) is 6.04 Å². The lowest BCUT2D eigenvalue weighted by molar-refractivity contribution is 0.184. The molecule has 132 valence electrons. The number of likely N-dealkylation sites (tertiary alicyclic amines) is 1. The normalized spacial score (nSPS) is 19.2. The third-order valence-electron chi connectivity index (χ3n) is 4.89. The van der Waals surface area contributed by atoms with Crippen LogP contribution >= 0.6 is 11.3 Å². The van der Waals surface area contributed by atoms with Crippen LogP contribution in [0.3, 0.4) is 0 Å². The van der Waals surface area contributed by atoms with E-state index in [2.05, 4.69) is 45.8 Å². The molecule has 3 aromatic rings. The smallest absolute Gasteiger partial charge is 0.177 e. The zero-order chi connectivity index (χ0) is 17.1. The monoisotopic (exact) mass is 356 g/mol. The summed E-state index contributed by atoms with van der Waals surface area (Å²) >= 11 is 1.69. The number of aryl methyl sites for hydroxylation is 1. The van der Waals surface area contributed by atoms with Crippen LogP contribution in [0.15, 0.2) is 40.5 Å². The predicted octanol–water partition coefficient (Wildman–Crippen LogP) is 4.74. The van der Waals surface area contributed by atoms with Gasteiger partial charge in [0.1, 0.15) is 5.69 Å². The van der Waals surface area contributed by atoms with Crippen molar-refractivity contribution in [1.82, 2.24) is 19.8 Å². The molecule has 6 heteroatoms. The van der Waals surface area contributed by atoms with Crippen molar-refractivity contribution in [3.8, 4) is 10.6 Å². The Balaban J connectivity index is 1.56. The Hall–Kier alpha value is -1.92. The van der Waals surface area contributed by atoms with E-state index in [1.807, 2.05) is 16.9 Å². The molecular formula is C19H24N4OS. The molecule has 0 bridgehead atoms. The van der Waals surface area contributed by atoms with Crippen molar-refractivity contribution < 1.29 is 4.52 Å². The first kappa shape index (κ1) is 16.5. The third kappa shape index (κ3) is 3.70. The summed E-state index contributed by atoms with van der Waals surface area (Å²) in [6.07, 6.45) is 9.06. The van der Waals surface area contributed by atoms with Gasteiger partial charge in [0.25, 0.3) is 0 Å². The molecule has 0 N–H and O–H groups in total. The predicted molar refractivity (Wildman–Crippen MR) is 99.3 cm³/mol. The lowest BCUT2D eigenvalue weighted by Crippen LogP contribution is -2.28. The molecule has 5 nitrogen and oxygen atoms in total. The fraction of sp³-hybridized carbons (Fsp3) is 0.474. The number of rotatable bonds is 5. The molecule has 4 rings (SSSR count). The second kappa shape index (κ2) is 7.54. The summed E-state index contributed by atoms with van der Waals surface area (Å²) in [5, 5.41) is 10.9. The summed E-state index contributed by atoms with van der Waals surface area (Å²) in [7, 11) is 0. The standard InChI is InChI=1S/C19H24N4OS/c1-2-23-14-15(12-20-23)13-22-9-5-3-4-7-17(22)16-11-18(24-21-16)19-8-6-10-25-19/h6,8,10-12,14,17H,2-5,7,9,13H2,1H3. The van der Waals surface area contributed by atoms with E-state index in [4.69, 9.17) is 4.52 Å². The van der Waals surface area contributed by atoms with Crippen molar-refractivity contribution in [3.05, 3.63) is 47.2 Å². The van der Waals surface area contributed by atoms with E-state index in [0.717, 1.165) is 42.4 Å². The first-order valence-electron chi connectivity index (χ1n) is 9.09. The number of aromatic nitrogens is 3. The highest BCUT2D eigenvalue weighted by molar-refractivity contribution is 7.13. The second-order valence-electron chi connectivity index (χ2n) is 6.63. The number of hydrogen-bond acceptors (Lipinski definition) is 5. The van der Waals surface area contributed by atoms with Crippen LogP contribution in [0.4, 0.5) is 0 Å². The molecule has 0 aliphatic carbocycles. The number of hydrogen-bond donors (Lipinski definition) is 0. The van der Waals surface area contributed by atoms with Gasteiger partial charge in [0.2, 0.25) is 0 Å². The van der Waals surface area contributed by atoms with E-state index in [1.54, 1.807) is 11.3 Å². The number of nitrogens with zero attached hydrogens (tertiary/aromatic N) is 4. The molecule has 0 spiro atoms. The molecule has 4 heterocycles. The van der Waals surface area contributed by atoms with Crippen molar-refractivity contribution in [2.24, 2.45) is 0 Å². The molecule has 1 saturated heterocycles. The molecule has 0 amide bonds. The average Bonchev–Trinajstić information content (AvgIpc) is 3.35. The van der Waals surface area contributed by atoms with Gasteiger partial charge in [0.15, 0.2) is 5.76 Å². The molecule has 3 aromatic heterocycles. The van der Waals surface area contributed by atoms with Gasteiger partial charge in [-0.15, -0.1) is 11.3 Å². The van der Waals surface area contributed by atoms with Crippen molar-refractivity contribution in [1.29, 1.82) is 0 Å². The molecule has 0 radical (unpaired) electrons. The Labute approximate surface area is 152 Å². The van der Waals surface area contributed by atoms with Crippen molar-refractivity contribution in [3.63, 3.8) is 0 Å². The first-order chi connectivity index (χ1) is 12.3. The van der Waals surface area contributed by atoms with Gasteiger partial charge >= 0.3 is 0 Å². The van der Waals surface area contributed by atoms with Gasteiger partial charge in [-0.05, 0) is 37.8 Å². The van der Waals surface area contributed by atoms with Gasteiger partial charge in [0.05, 0.1) is 17.1 Å². The quantitative estimate of drug-likeness (QED) is 0.663. The maximum atomic E-state index is 5.64. The SMILES string of the molecule is CCn1cc(CN2CCCCCC2c2cc(-c3cccs3)on2)cn1. The van der Waals surface area contributed by atoms with E-state index in [9.17, 15) is 0 Å². The van der Waals surface area contributed by atoms with Crippen LogP contribution in [0.2, 0.25) is 0 Å². The minimum atomic E-state index is 0.324. The highest BCUT2D eigenvalue weighted by Gasteiger charge is 2.26. The maximum absolute atomic E-state index is 5.64. The Morgan fingerprint density at radius 3 is 3.08 bits per heavy atom. The summed E-state index contributed by atoms with van der Waals surface area (Å²) in [6.45, 7) is 5.05. The molecule has 1 atom stereocenters. The molecule has 1 aliphatic rings. The highest BCUT2D eigenvalue weighted by Crippen LogP contribution is 2.34. The summed E-state index contributed by atoms with van der Waals surface area (Å²) in [4.78, 5) is 3.68. The van der Waals surface area contributed by atoms with Gasteiger partial charge in [-0.2, -0.15) is 5.10 Å². The lowest BCUT2D eigenvalue weighted by Gasteiger charge is -2.27. The summed E-state index contributed by atoms with van der Waals surface area (Å²) < 4.78 is 7.63. The Kier molecular flexibility index (Phi) is 4.99. The van der Waals surface area contributed by atoms with Crippen LogP contribution in [0, 0.1) is 0 Å². The summed E-state index contributed by atoms with van der Waals surface area (Å²) in [5.74, 6) is 0.882. The summed E-state index contributed by atoms with van der Waals surface area (Å²) in [5.41, 5.74) is 2.34. The van der Waals surface area contributed by atoms with E-state index in [1.165, 1.54) is 24.8 Å². The van der Waals surface area contributed by atoms with E-state index >= 15 is 0 Å². The number of thiophene rings is 1. The second-order valence-corrected chi connectivity index (χ2v) is 7.58. The molecule has 1 fully saturated rings. The van der Waals surface area contributed by atoms with Crippen LogP contribution in [-0.4, -0.2) is 26.4 Å². The van der Waals surface area contributed by atoms with Gasteiger partial charge in [0, 0.05) is 30.9 Å². The molecule has 0 aromatic carbocycles. The Morgan fingerprint density at radius 1 is 1.32 bits per heavy atom. The molecule has 1 unspecified atom stereocenters. The van der Waals surface area contributed by atoms with Crippen LogP contribution in [0.5, 0.6) is 0 Å². The van der Waals surface area contributed by atoms with Gasteiger partial charge in [-0.1, -0.05) is 24.1 Å². The minimum Gasteiger partial charge on any atom is -0.355 e. The van der Waals surface area contributed by atoms with Crippen molar-refractivity contribution in [2.45, 2.75) is 51.7 Å². The third-order valence-corrected chi connectivity index (χ3v) is 5.78. The van der Waals surface area contributed by atoms with Crippen LogP contribution in [-0.2, 0) is 13.1 Å². The van der Waals surface area contributed by atoms with Gasteiger partial charge < -0.3 is 4.52 Å². The minimum absolute atomic E-state index is 0.324. The summed E-state index contributed by atoms with van der Waals surface area (Å²) in [6, 6.07) is 6.58. The highest BCUT2D eigenvalue weighted by atomic mass is 32.1. The fourth-order valence-electron chi connectivity index (χ4n) is 3.57. The van der Waals surface area contributed by atoms with Crippen LogP contribution in [0.1, 0.15) is 49.9 Å². The van der Waals surface area contributed by atoms with Crippen molar-refractivity contribution in [2.75, 3.05) is 6.54 Å². The molecule has 0 saturated carbocycles. The van der Waals surface area contributed by atoms with Crippen molar-refractivity contribution >= 4 is 11.3 Å². The molecular weight excluding hydrogens is 332 g/mol. The molecule has 25 heavy (non-hydrogen) atoms. The lowest BCUT2D eigenvalue weighted by atomic mass is 10.1. The van der Waals surface area contributed by atoms with Crippen LogP contribution < -0.4 is 0 Å². The topological polar surface area (TPSA) is 47.1 Å². The average molecular weight is 356 g/mol. The molecule has 1 aliphatic heterocycles. The maximum Gasteiger partial charge on any atom is 0.177 e. The van der Waals surface area contributed by atoms with Gasteiger partial charge in [-0.25, -0.2) is 0 Å². The van der Waals surface area contributed by atoms with Gasteiger partial charge in [-0.3, -0.25) is 9.58 Å². The Bertz CT molecular complexity index is 792. The zero-order valence-corrected chi connectivity index (χ0v) is 15.4. The van der Waals surface area contributed by atoms with E-state index in [-0.39, 0.29) is 0 Å².